The molecule has 0 radical (unpaired) electrons. The van der Waals surface area contributed by atoms with Crippen molar-refractivity contribution in [2.24, 2.45) is 0 Å². The Morgan fingerprint density at radius 2 is 1.64 bits per heavy atom. The maximum atomic E-state index is 6.17. The largest absolute Gasteiger partial charge is 0.412 e. The van der Waals surface area contributed by atoms with E-state index in [1.807, 2.05) is 19.2 Å². The molecule has 0 saturated carbocycles. The van der Waals surface area contributed by atoms with E-state index >= 15 is 0 Å². The summed E-state index contributed by atoms with van der Waals surface area (Å²) >= 11 is 12.2. The first-order chi connectivity index (χ1) is 9.70. The standard InChI is InChI=1S/C17H17Cl2N.ClH.H2O/c1-20-17-9-7-12(13-4-2-3-5-14(13)17)11-6-8-15(18)16(19)10-11;;/h2-6,8,10,12,17,20H,7,9H2,1H3;1H;1H2. The fourth-order valence-electron chi connectivity index (χ4n) is 3.17. The topological polar surface area (TPSA) is 43.5 Å². The summed E-state index contributed by atoms with van der Waals surface area (Å²) in [4.78, 5) is 0. The van der Waals surface area contributed by atoms with E-state index in [1.165, 1.54) is 16.7 Å². The van der Waals surface area contributed by atoms with Gasteiger partial charge in [0, 0.05) is 12.0 Å². The van der Waals surface area contributed by atoms with Crippen LogP contribution in [0.3, 0.4) is 0 Å². The zero-order valence-electron chi connectivity index (χ0n) is 12.3. The van der Waals surface area contributed by atoms with Crippen LogP contribution >= 0.6 is 35.6 Å². The second kappa shape index (κ2) is 8.19. The fraction of sp³-hybridized carbons (Fsp3) is 0.294. The van der Waals surface area contributed by atoms with Gasteiger partial charge in [-0.3, -0.25) is 0 Å². The third kappa shape index (κ3) is 3.58. The van der Waals surface area contributed by atoms with Crippen molar-refractivity contribution in [2.75, 3.05) is 7.05 Å². The molecule has 0 bridgehead atoms. The minimum atomic E-state index is 0. The van der Waals surface area contributed by atoms with E-state index in [1.54, 1.807) is 0 Å². The molecule has 0 heterocycles. The summed E-state index contributed by atoms with van der Waals surface area (Å²) in [6, 6.07) is 15.1. The van der Waals surface area contributed by atoms with Gasteiger partial charge in [0.15, 0.2) is 0 Å². The van der Waals surface area contributed by atoms with Crippen molar-refractivity contribution in [2.45, 2.75) is 24.8 Å². The van der Waals surface area contributed by atoms with E-state index in [0.29, 0.717) is 22.0 Å². The van der Waals surface area contributed by atoms with E-state index in [9.17, 15) is 0 Å². The van der Waals surface area contributed by atoms with E-state index in [-0.39, 0.29) is 17.9 Å². The molecule has 0 aromatic heterocycles. The van der Waals surface area contributed by atoms with Crippen LogP contribution in [0.25, 0.3) is 0 Å². The molecule has 0 amide bonds. The Morgan fingerprint density at radius 1 is 0.955 bits per heavy atom. The van der Waals surface area contributed by atoms with Crippen molar-refractivity contribution in [1.29, 1.82) is 0 Å². The summed E-state index contributed by atoms with van der Waals surface area (Å²) in [6.07, 6.45) is 2.26. The minimum Gasteiger partial charge on any atom is -0.412 e. The highest BCUT2D eigenvalue weighted by Gasteiger charge is 2.27. The molecule has 2 aromatic rings. The molecule has 0 saturated heterocycles. The lowest BCUT2D eigenvalue weighted by atomic mass is 9.77. The lowest BCUT2D eigenvalue weighted by Gasteiger charge is -2.32. The molecule has 22 heavy (non-hydrogen) atoms. The molecule has 1 aliphatic carbocycles. The summed E-state index contributed by atoms with van der Waals surface area (Å²) in [5.74, 6) is 0.408. The first kappa shape index (κ1) is 19.3. The van der Waals surface area contributed by atoms with Gasteiger partial charge in [0.25, 0.3) is 0 Å². The van der Waals surface area contributed by atoms with Crippen molar-refractivity contribution >= 4 is 35.6 Å². The highest BCUT2D eigenvalue weighted by molar-refractivity contribution is 6.42. The van der Waals surface area contributed by atoms with Crippen LogP contribution in [0.2, 0.25) is 10.0 Å². The van der Waals surface area contributed by atoms with Crippen LogP contribution in [0.4, 0.5) is 0 Å². The van der Waals surface area contributed by atoms with Gasteiger partial charge < -0.3 is 10.8 Å². The van der Waals surface area contributed by atoms with E-state index < -0.39 is 0 Å². The SMILES string of the molecule is CNC1CCC(c2ccc(Cl)c(Cl)c2)c2ccccc21.Cl.O. The monoisotopic (exact) mass is 359 g/mol. The smallest absolute Gasteiger partial charge is 0.0595 e. The van der Waals surface area contributed by atoms with Gasteiger partial charge >= 0.3 is 0 Å². The average Bonchev–Trinajstić information content (AvgIpc) is 2.49. The lowest BCUT2D eigenvalue weighted by molar-refractivity contribution is 0.471. The second-order valence-electron chi connectivity index (χ2n) is 5.27. The number of nitrogens with one attached hydrogen (secondary N) is 1. The molecule has 2 nitrogen and oxygen atoms in total. The number of hydrogen-bond donors (Lipinski definition) is 1. The molecule has 120 valence electrons. The number of fused-ring (bicyclic) bond motifs is 1. The van der Waals surface area contributed by atoms with Crippen molar-refractivity contribution in [1.82, 2.24) is 5.32 Å². The second-order valence-corrected chi connectivity index (χ2v) is 6.09. The van der Waals surface area contributed by atoms with Crippen LogP contribution in [0, 0.1) is 0 Å². The lowest BCUT2D eigenvalue weighted by Crippen LogP contribution is -2.24. The fourth-order valence-corrected chi connectivity index (χ4v) is 3.47. The zero-order valence-corrected chi connectivity index (χ0v) is 14.6. The Kier molecular flexibility index (Phi) is 7.17. The molecule has 5 heteroatoms. The van der Waals surface area contributed by atoms with Gasteiger partial charge in [-0.15, -0.1) is 12.4 Å². The van der Waals surface area contributed by atoms with Crippen LogP contribution in [0.15, 0.2) is 42.5 Å². The van der Waals surface area contributed by atoms with Crippen LogP contribution in [0.5, 0.6) is 0 Å². The van der Waals surface area contributed by atoms with E-state index in [0.717, 1.165) is 12.8 Å². The number of rotatable bonds is 2. The predicted molar refractivity (Wildman–Crippen MR) is 96.6 cm³/mol. The molecule has 2 aromatic carbocycles. The minimum absolute atomic E-state index is 0. The number of halogens is 3. The van der Waals surface area contributed by atoms with Gasteiger partial charge in [-0.2, -0.15) is 0 Å². The molecule has 1 aliphatic rings. The molecule has 2 unspecified atom stereocenters. The first-order valence-electron chi connectivity index (χ1n) is 6.91. The number of hydrogen-bond acceptors (Lipinski definition) is 1. The zero-order chi connectivity index (χ0) is 14.1. The van der Waals surface area contributed by atoms with Gasteiger partial charge in [-0.05, 0) is 48.7 Å². The summed E-state index contributed by atoms with van der Waals surface area (Å²) in [5, 5.41) is 4.66. The van der Waals surface area contributed by atoms with E-state index in [4.69, 9.17) is 23.2 Å². The van der Waals surface area contributed by atoms with Crippen LogP contribution in [-0.2, 0) is 0 Å². The molecule has 2 atom stereocenters. The maximum Gasteiger partial charge on any atom is 0.0595 e. The Balaban J connectivity index is 0.00000121. The summed E-state index contributed by atoms with van der Waals surface area (Å²) in [7, 11) is 2.03. The van der Waals surface area contributed by atoms with Crippen LogP contribution < -0.4 is 5.32 Å². The molecule has 0 fully saturated rings. The third-order valence-electron chi connectivity index (χ3n) is 4.19. The van der Waals surface area contributed by atoms with Gasteiger partial charge in [0.05, 0.1) is 10.0 Å². The number of benzene rings is 2. The van der Waals surface area contributed by atoms with Gasteiger partial charge in [0.1, 0.15) is 0 Å². The summed E-state index contributed by atoms with van der Waals surface area (Å²) in [6.45, 7) is 0. The highest BCUT2D eigenvalue weighted by Crippen LogP contribution is 2.42. The molecular formula is C17H20Cl3NO. The Hall–Kier alpha value is -0.770. The van der Waals surface area contributed by atoms with E-state index in [2.05, 4.69) is 35.6 Å². The maximum absolute atomic E-state index is 6.17. The Morgan fingerprint density at radius 3 is 2.27 bits per heavy atom. The van der Waals surface area contributed by atoms with Crippen molar-refractivity contribution < 1.29 is 5.48 Å². The average molecular weight is 361 g/mol. The van der Waals surface area contributed by atoms with Crippen molar-refractivity contribution in [3.05, 3.63) is 69.2 Å². The van der Waals surface area contributed by atoms with Crippen molar-refractivity contribution in [3.63, 3.8) is 0 Å². The predicted octanol–water partition coefficient (Wildman–Crippen LogP) is 4.78. The molecule has 3 rings (SSSR count). The summed E-state index contributed by atoms with van der Waals surface area (Å²) < 4.78 is 0. The van der Waals surface area contributed by atoms with Crippen molar-refractivity contribution in [3.8, 4) is 0 Å². The quantitative estimate of drug-likeness (QED) is 0.823. The van der Waals surface area contributed by atoms with Gasteiger partial charge in [0.2, 0.25) is 0 Å². The first-order valence-corrected chi connectivity index (χ1v) is 7.67. The third-order valence-corrected chi connectivity index (χ3v) is 4.92. The Labute approximate surface area is 147 Å². The molecular weight excluding hydrogens is 341 g/mol. The highest BCUT2D eigenvalue weighted by atomic mass is 35.5. The molecule has 3 N–H and O–H groups in total. The van der Waals surface area contributed by atoms with Crippen LogP contribution in [-0.4, -0.2) is 12.5 Å². The van der Waals surface area contributed by atoms with Gasteiger partial charge in [-0.1, -0.05) is 53.5 Å². The molecule has 0 spiro atoms. The summed E-state index contributed by atoms with van der Waals surface area (Å²) in [5.41, 5.74) is 4.05. The molecule has 0 aliphatic heterocycles. The normalized spacial score (nSPS) is 19.6. The van der Waals surface area contributed by atoms with Crippen LogP contribution in [0.1, 0.15) is 41.5 Å². The Bertz CT molecular complexity index is 633. The van der Waals surface area contributed by atoms with Gasteiger partial charge in [-0.25, -0.2) is 0 Å².